The van der Waals surface area contributed by atoms with E-state index in [9.17, 15) is 0 Å². The average Bonchev–Trinajstić information content (AvgIpc) is 2.92. The van der Waals surface area contributed by atoms with E-state index >= 15 is 0 Å². The van der Waals surface area contributed by atoms with Gasteiger partial charge in [-0.2, -0.15) is 0 Å². The first-order chi connectivity index (χ1) is 11.4. The highest BCUT2D eigenvalue weighted by Gasteiger charge is 2.24. The van der Waals surface area contributed by atoms with Crippen molar-refractivity contribution < 1.29 is 4.42 Å². The number of pyridine rings is 2. The first-order valence-corrected chi connectivity index (χ1v) is 11.7. The molecule has 4 aromatic rings. The molecule has 0 aliphatic rings. The van der Waals surface area contributed by atoms with Crippen molar-refractivity contribution in [2.75, 3.05) is 0 Å². The minimum atomic E-state index is -1.51. The van der Waals surface area contributed by atoms with Gasteiger partial charge in [-0.05, 0) is 41.9 Å². The maximum absolute atomic E-state index is 6.23. The fraction of sp³-hybridized carbons (Fsp3) is 0.200. The molecule has 3 nitrogen and oxygen atoms in total. The monoisotopic (exact) mass is 332 g/mol. The molecule has 0 spiro atoms. The average molecular weight is 332 g/mol. The zero-order chi connectivity index (χ0) is 16.9. The topological polar surface area (TPSA) is 38.9 Å². The normalized spacial score (nSPS) is 12.2. The van der Waals surface area contributed by atoms with E-state index in [1.165, 1.54) is 16.1 Å². The highest BCUT2D eigenvalue weighted by molar-refractivity contribution is 6.90. The van der Waals surface area contributed by atoms with Crippen LogP contribution in [0.15, 0.2) is 53.3 Å². The summed E-state index contributed by atoms with van der Waals surface area (Å²) in [4.78, 5) is 8.78. The summed E-state index contributed by atoms with van der Waals surface area (Å²) in [5.41, 5.74) is 4.96. The number of aromatic nitrogens is 2. The van der Waals surface area contributed by atoms with Crippen LogP contribution in [-0.2, 0) is 0 Å². The Morgan fingerprint density at radius 2 is 1.83 bits per heavy atom. The Hall–Kier alpha value is -2.46. The molecule has 0 saturated carbocycles. The molecule has 0 saturated heterocycles. The van der Waals surface area contributed by atoms with Crippen molar-refractivity contribution >= 4 is 35.2 Å². The maximum Gasteiger partial charge on any atom is 0.153 e. The molecule has 0 unspecified atom stereocenters. The van der Waals surface area contributed by atoms with Gasteiger partial charge in [-0.15, -0.1) is 0 Å². The van der Waals surface area contributed by atoms with E-state index in [0.717, 1.165) is 27.8 Å². The van der Waals surface area contributed by atoms with Crippen molar-refractivity contribution in [3.8, 4) is 11.3 Å². The summed E-state index contributed by atoms with van der Waals surface area (Å²) in [7, 11) is -1.51. The highest BCUT2D eigenvalue weighted by Crippen LogP contribution is 2.35. The number of hydrogen-bond donors (Lipinski definition) is 0. The number of furan rings is 1. The van der Waals surface area contributed by atoms with Gasteiger partial charge in [0.05, 0.1) is 20.0 Å². The summed E-state index contributed by atoms with van der Waals surface area (Å²) in [6.07, 6.45) is 5.49. The number of benzene rings is 1. The summed E-state index contributed by atoms with van der Waals surface area (Å²) >= 11 is 0. The molecule has 0 N–H and O–H groups in total. The van der Waals surface area contributed by atoms with Crippen molar-refractivity contribution in [1.82, 2.24) is 9.97 Å². The lowest BCUT2D eigenvalue weighted by molar-refractivity contribution is 0.668. The summed E-state index contributed by atoms with van der Waals surface area (Å²) in [5, 5.41) is 3.79. The number of hydrogen-bond acceptors (Lipinski definition) is 3. The minimum absolute atomic E-state index is 0.840. The van der Waals surface area contributed by atoms with Gasteiger partial charge >= 0.3 is 0 Å². The SMILES string of the molecule is Cc1ccnc(-c2ccc([Si](C)(C)C)c3c2oc2cnccc23)c1. The molecule has 0 aliphatic carbocycles. The standard InChI is InChI=1S/C20H20N2OSi/c1-13-7-10-22-16(11-13)14-5-6-18(24(2,3)4)19-15-8-9-21-12-17(15)23-20(14)19/h5-12H,1-4H3. The first-order valence-electron chi connectivity index (χ1n) is 8.18. The second-order valence-electron chi connectivity index (χ2n) is 7.31. The molecular weight excluding hydrogens is 312 g/mol. The Balaban J connectivity index is 2.15. The van der Waals surface area contributed by atoms with Gasteiger partial charge in [0.25, 0.3) is 0 Å². The molecule has 0 atom stereocenters. The van der Waals surface area contributed by atoms with Gasteiger partial charge < -0.3 is 4.42 Å². The van der Waals surface area contributed by atoms with E-state index in [0.29, 0.717) is 0 Å². The third kappa shape index (κ3) is 2.34. The quantitative estimate of drug-likeness (QED) is 0.490. The smallest absolute Gasteiger partial charge is 0.153 e. The van der Waals surface area contributed by atoms with Crippen molar-refractivity contribution in [2.24, 2.45) is 0 Å². The summed E-state index contributed by atoms with van der Waals surface area (Å²) in [6.45, 7) is 9.19. The van der Waals surface area contributed by atoms with Crippen LogP contribution in [0.2, 0.25) is 19.6 Å². The molecule has 0 radical (unpaired) electrons. The molecular formula is C20H20N2OSi. The fourth-order valence-corrected chi connectivity index (χ4v) is 4.83. The molecule has 0 amide bonds. The Morgan fingerprint density at radius 1 is 1.00 bits per heavy atom. The number of fused-ring (bicyclic) bond motifs is 3. The Morgan fingerprint density at radius 3 is 2.58 bits per heavy atom. The van der Waals surface area contributed by atoms with Crippen LogP contribution in [0.3, 0.4) is 0 Å². The molecule has 1 aromatic carbocycles. The van der Waals surface area contributed by atoms with Crippen LogP contribution in [0.1, 0.15) is 5.56 Å². The van der Waals surface area contributed by atoms with E-state index in [-0.39, 0.29) is 0 Å². The van der Waals surface area contributed by atoms with Gasteiger partial charge in [0.1, 0.15) is 5.58 Å². The molecule has 0 bridgehead atoms. The fourth-order valence-electron chi connectivity index (χ4n) is 3.24. The number of nitrogens with zero attached hydrogens (tertiary/aromatic N) is 2. The zero-order valence-electron chi connectivity index (χ0n) is 14.4. The molecule has 4 heteroatoms. The van der Waals surface area contributed by atoms with Crippen LogP contribution in [0.4, 0.5) is 0 Å². The minimum Gasteiger partial charge on any atom is -0.454 e. The van der Waals surface area contributed by atoms with Gasteiger partial charge in [-0.1, -0.05) is 25.7 Å². The van der Waals surface area contributed by atoms with Gasteiger partial charge in [0.15, 0.2) is 5.58 Å². The molecule has 120 valence electrons. The van der Waals surface area contributed by atoms with E-state index in [1.54, 1.807) is 6.20 Å². The van der Waals surface area contributed by atoms with Crippen LogP contribution < -0.4 is 5.19 Å². The van der Waals surface area contributed by atoms with E-state index in [1.807, 2.05) is 18.5 Å². The summed E-state index contributed by atoms with van der Waals surface area (Å²) in [6, 6.07) is 10.6. The molecule has 24 heavy (non-hydrogen) atoms. The van der Waals surface area contributed by atoms with E-state index in [2.05, 4.69) is 60.8 Å². The van der Waals surface area contributed by atoms with Crippen molar-refractivity contribution in [2.45, 2.75) is 26.6 Å². The van der Waals surface area contributed by atoms with Crippen LogP contribution >= 0.6 is 0 Å². The summed E-state index contributed by atoms with van der Waals surface area (Å²) in [5.74, 6) is 0. The second-order valence-corrected chi connectivity index (χ2v) is 12.3. The molecule has 0 aliphatic heterocycles. The van der Waals surface area contributed by atoms with Gasteiger partial charge in [0.2, 0.25) is 0 Å². The maximum atomic E-state index is 6.23. The largest absolute Gasteiger partial charge is 0.454 e. The predicted molar refractivity (Wildman–Crippen MR) is 102 cm³/mol. The third-order valence-corrected chi connectivity index (χ3v) is 6.46. The molecule has 3 aromatic heterocycles. The van der Waals surface area contributed by atoms with Gasteiger partial charge in [0, 0.05) is 28.7 Å². The van der Waals surface area contributed by atoms with Crippen molar-refractivity contribution in [3.05, 3.63) is 54.5 Å². The Labute approximate surface area is 142 Å². The van der Waals surface area contributed by atoms with E-state index in [4.69, 9.17) is 4.42 Å². The second kappa shape index (κ2) is 5.28. The van der Waals surface area contributed by atoms with E-state index < -0.39 is 8.07 Å². The van der Waals surface area contributed by atoms with Crippen LogP contribution in [0.5, 0.6) is 0 Å². The van der Waals surface area contributed by atoms with Crippen molar-refractivity contribution in [3.63, 3.8) is 0 Å². The highest BCUT2D eigenvalue weighted by atomic mass is 28.3. The Kier molecular flexibility index (Phi) is 3.32. The van der Waals surface area contributed by atoms with Gasteiger partial charge in [-0.25, -0.2) is 0 Å². The summed E-state index contributed by atoms with van der Waals surface area (Å²) < 4.78 is 6.23. The van der Waals surface area contributed by atoms with Crippen LogP contribution in [0, 0.1) is 6.92 Å². The molecule has 3 heterocycles. The Bertz CT molecular complexity index is 1060. The molecule has 0 fully saturated rings. The lowest BCUT2D eigenvalue weighted by atomic mass is 10.1. The molecule has 4 rings (SSSR count). The zero-order valence-corrected chi connectivity index (χ0v) is 15.4. The number of aryl methyl sites for hydroxylation is 1. The lowest BCUT2D eigenvalue weighted by Gasteiger charge is -2.18. The van der Waals surface area contributed by atoms with Crippen LogP contribution in [0.25, 0.3) is 33.2 Å². The first kappa shape index (κ1) is 15.1. The van der Waals surface area contributed by atoms with Crippen LogP contribution in [-0.4, -0.2) is 18.0 Å². The lowest BCUT2D eigenvalue weighted by Crippen LogP contribution is -2.37. The van der Waals surface area contributed by atoms with Gasteiger partial charge in [-0.3, -0.25) is 9.97 Å². The predicted octanol–water partition coefficient (Wildman–Crippen LogP) is 4.90. The number of rotatable bonds is 2. The van der Waals surface area contributed by atoms with Crippen molar-refractivity contribution in [1.29, 1.82) is 0 Å². The third-order valence-electron chi connectivity index (χ3n) is 4.42.